The number of anilines is 1. The molecule has 0 aromatic heterocycles. The van der Waals surface area contributed by atoms with Crippen molar-refractivity contribution in [1.82, 2.24) is 10.2 Å². The van der Waals surface area contributed by atoms with Crippen LogP contribution in [-0.2, 0) is 14.3 Å². The van der Waals surface area contributed by atoms with E-state index in [2.05, 4.69) is 10.6 Å². The van der Waals surface area contributed by atoms with Crippen LogP contribution in [0.25, 0.3) is 0 Å². The fourth-order valence-corrected chi connectivity index (χ4v) is 3.80. The van der Waals surface area contributed by atoms with Gasteiger partial charge in [0, 0.05) is 18.2 Å². The summed E-state index contributed by atoms with van der Waals surface area (Å²) in [7, 11) is 0. The fourth-order valence-electron chi connectivity index (χ4n) is 3.80. The van der Waals surface area contributed by atoms with Gasteiger partial charge in [-0.25, -0.2) is 14.4 Å². The van der Waals surface area contributed by atoms with E-state index in [9.17, 15) is 24.3 Å². The van der Waals surface area contributed by atoms with Crippen LogP contribution in [0.2, 0.25) is 0 Å². The smallest absolute Gasteiger partial charge is 0.338 e. The van der Waals surface area contributed by atoms with Crippen molar-refractivity contribution in [3.63, 3.8) is 0 Å². The maximum absolute atomic E-state index is 12.7. The lowest BCUT2D eigenvalue weighted by Gasteiger charge is -2.25. The number of urea groups is 1. The molecule has 1 aliphatic heterocycles. The summed E-state index contributed by atoms with van der Waals surface area (Å²) in [5.74, 6) is -2.37. The maximum Gasteiger partial charge on any atom is 0.338 e. The highest BCUT2D eigenvalue weighted by Gasteiger charge is 2.42. The van der Waals surface area contributed by atoms with E-state index in [0.29, 0.717) is 18.7 Å². The Morgan fingerprint density at radius 1 is 1.09 bits per heavy atom. The number of nitrogens with one attached hydrogen (secondary N) is 2. The number of nitrogens with zero attached hydrogens (tertiary/aromatic N) is 1. The lowest BCUT2D eigenvalue weighted by molar-refractivity contribution is -0.148. The summed E-state index contributed by atoms with van der Waals surface area (Å²) < 4.78 is 4.93. The van der Waals surface area contributed by atoms with Crippen LogP contribution in [0, 0.1) is 0 Å². The summed E-state index contributed by atoms with van der Waals surface area (Å²) in [6, 6.07) is 13.8. The molecular formula is C23H25N3O6. The number of esters is 1. The summed E-state index contributed by atoms with van der Waals surface area (Å²) in [5, 5.41) is 14.7. The zero-order valence-corrected chi connectivity index (χ0v) is 17.6. The van der Waals surface area contributed by atoms with E-state index >= 15 is 0 Å². The molecule has 1 aliphatic rings. The average molecular weight is 439 g/mol. The molecule has 1 saturated heterocycles. The number of hydrogen-bond donors (Lipinski definition) is 3. The van der Waals surface area contributed by atoms with Crippen molar-refractivity contribution in [1.29, 1.82) is 0 Å². The number of aliphatic carboxylic acids is 1. The largest absolute Gasteiger partial charge is 0.480 e. The molecule has 0 saturated carbocycles. The van der Waals surface area contributed by atoms with Crippen molar-refractivity contribution >= 4 is 29.6 Å². The molecule has 3 N–H and O–H groups in total. The van der Waals surface area contributed by atoms with Crippen LogP contribution in [0.5, 0.6) is 0 Å². The van der Waals surface area contributed by atoms with Gasteiger partial charge in [-0.05, 0) is 37.1 Å². The number of benzene rings is 2. The Labute approximate surface area is 185 Å². The fraction of sp³-hybridized carbons (Fsp3) is 0.304. The van der Waals surface area contributed by atoms with Crippen LogP contribution in [0.15, 0.2) is 54.6 Å². The van der Waals surface area contributed by atoms with E-state index in [4.69, 9.17) is 4.74 Å². The van der Waals surface area contributed by atoms with Gasteiger partial charge in [-0.2, -0.15) is 0 Å². The van der Waals surface area contributed by atoms with Gasteiger partial charge in [-0.15, -0.1) is 0 Å². The number of ether oxygens (including phenoxy) is 1. The average Bonchev–Trinajstić information content (AvgIpc) is 3.24. The zero-order chi connectivity index (χ0) is 23.1. The van der Waals surface area contributed by atoms with E-state index in [1.165, 1.54) is 11.0 Å². The van der Waals surface area contributed by atoms with Gasteiger partial charge in [0.05, 0.1) is 18.7 Å². The van der Waals surface area contributed by atoms with Crippen molar-refractivity contribution in [3.05, 3.63) is 65.7 Å². The van der Waals surface area contributed by atoms with Crippen molar-refractivity contribution < 1.29 is 29.0 Å². The highest BCUT2D eigenvalue weighted by molar-refractivity contribution is 5.95. The van der Waals surface area contributed by atoms with Gasteiger partial charge < -0.3 is 25.4 Å². The molecule has 0 aliphatic carbocycles. The Morgan fingerprint density at radius 2 is 1.84 bits per heavy atom. The van der Waals surface area contributed by atoms with Gasteiger partial charge in [-0.1, -0.05) is 36.4 Å². The van der Waals surface area contributed by atoms with Gasteiger partial charge in [-0.3, -0.25) is 4.79 Å². The van der Waals surface area contributed by atoms with Crippen LogP contribution in [0.4, 0.5) is 10.5 Å². The molecule has 0 spiro atoms. The Morgan fingerprint density at radius 3 is 2.53 bits per heavy atom. The van der Waals surface area contributed by atoms with Gasteiger partial charge in [0.2, 0.25) is 5.91 Å². The predicted octanol–water partition coefficient (Wildman–Crippen LogP) is 2.45. The number of hydrogen-bond acceptors (Lipinski definition) is 5. The molecule has 168 valence electrons. The van der Waals surface area contributed by atoms with Crippen LogP contribution in [0.1, 0.15) is 35.2 Å². The van der Waals surface area contributed by atoms with E-state index < -0.39 is 29.9 Å². The molecule has 0 radical (unpaired) electrons. The van der Waals surface area contributed by atoms with Crippen LogP contribution >= 0.6 is 0 Å². The number of likely N-dealkylation sites (tertiary alicyclic amines) is 1. The second-order valence-corrected chi connectivity index (χ2v) is 7.29. The van der Waals surface area contributed by atoms with Crippen molar-refractivity contribution in [3.8, 4) is 0 Å². The Balaban J connectivity index is 1.58. The summed E-state index contributed by atoms with van der Waals surface area (Å²) in [4.78, 5) is 49.9. The molecule has 32 heavy (non-hydrogen) atoms. The number of carboxylic acids is 1. The second kappa shape index (κ2) is 10.4. The van der Waals surface area contributed by atoms with Crippen molar-refractivity contribution in [2.45, 2.75) is 25.3 Å². The molecule has 9 nitrogen and oxygen atoms in total. The molecule has 0 bridgehead atoms. The monoisotopic (exact) mass is 439 g/mol. The first-order valence-electron chi connectivity index (χ1n) is 10.3. The van der Waals surface area contributed by atoms with E-state index in [-0.39, 0.29) is 24.6 Å². The molecular weight excluding hydrogens is 414 g/mol. The Hall–Kier alpha value is -3.88. The summed E-state index contributed by atoms with van der Waals surface area (Å²) in [5.41, 5.74) is 1.51. The quantitative estimate of drug-likeness (QED) is 0.569. The number of amides is 3. The molecule has 2 aromatic carbocycles. The maximum atomic E-state index is 12.7. The Kier molecular flexibility index (Phi) is 7.43. The standard InChI is InChI=1S/C23H25N3O6/c1-2-32-22(30)16-9-6-10-17(13-16)25-23(31)24-14-19(27)26-12-11-18(20(26)21(28)29)15-7-4-3-5-8-15/h3-10,13,18,20H,2,11-12,14H2,1H3,(H,28,29)(H2,24,25,31)/t18?,20-/m0/s1. The van der Waals surface area contributed by atoms with E-state index in [0.717, 1.165) is 5.56 Å². The summed E-state index contributed by atoms with van der Waals surface area (Å²) in [6.45, 7) is 1.87. The normalized spacial score (nSPS) is 17.5. The third-order valence-electron chi connectivity index (χ3n) is 5.23. The van der Waals surface area contributed by atoms with Crippen LogP contribution < -0.4 is 10.6 Å². The van der Waals surface area contributed by atoms with Gasteiger partial charge in [0.15, 0.2) is 0 Å². The minimum atomic E-state index is -1.08. The summed E-state index contributed by atoms with van der Waals surface area (Å²) in [6.07, 6.45) is 0.527. The number of rotatable bonds is 7. The first kappa shape index (κ1) is 22.8. The Bertz CT molecular complexity index is 994. The highest BCUT2D eigenvalue weighted by atomic mass is 16.5. The molecule has 3 rings (SSSR count). The van der Waals surface area contributed by atoms with Gasteiger partial charge in [0.1, 0.15) is 6.04 Å². The molecule has 2 aromatic rings. The molecule has 1 unspecified atom stereocenters. The van der Waals surface area contributed by atoms with Crippen molar-refractivity contribution in [2.24, 2.45) is 0 Å². The second-order valence-electron chi connectivity index (χ2n) is 7.29. The van der Waals surface area contributed by atoms with Gasteiger partial charge >= 0.3 is 18.0 Å². The third kappa shape index (κ3) is 5.42. The molecule has 1 heterocycles. The first-order valence-corrected chi connectivity index (χ1v) is 10.3. The number of carbonyl (C=O) groups excluding carboxylic acids is 3. The lowest BCUT2D eigenvalue weighted by atomic mass is 9.92. The SMILES string of the molecule is CCOC(=O)c1cccc(NC(=O)NCC(=O)N2CCC(c3ccccc3)[C@H]2C(=O)O)c1. The lowest BCUT2D eigenvalue weighted by Crippen LogP contribution is -2.47. The minimum absolute atomic E-state index is 0.234. The van der Waals surface area contributed by atoms with Gasteiger partial charge in [0.25, 0.3) is 0 Å². The molecule has 3 amide bonds. The topological polar surface area (TPSA) is 125 Å². The minimum Gasteiger partial charge on any atom is -0.480 e. The highest BCUT2D eigenvalue weighted by Crippen LogP contribution is 2.33. The molecule has 1 fully saturated rings. The van der Waals surface area contributed by atoms with Crippen LogP contribution in [0.3, 0.4) is 0 Å². The molecule has 9 heteroatoms. The van der Waals surface area contributed by atoms with E-state index in [1.807, 2.05) is 30.3 Å². The third-order valence-corrected chi connectivity index (χ3v) is 5.23. The number of carboxylic acid groups (broad SMARTS) is 1. The summed E-state index contributed by atoms with van der Waals surface area (Å²) >= 11 is 0. The zero-order valence-electron chi connectivity index (χ0n) is 17.6. The molecule has 2 atom stereocenters. The first-order chi connectivity index (χ1) is 15.4. The van der Waals surface area contributed by atoms with E-state index in [1.54, 1.807) is 25.1 Å². The predicted molar refractivity (Wildman–Crippen MR) is 116 cm³/mol. The van der Waals surface area contributed by atoms with Crippen LogP contribution in [-0.4, -0.2) is 59.6 Å². The van der Waals surface area contributed by atoms with Crippen molar-refractivity contribution in [2.75, 3.05) is 25.0 Å². The number of carbonyl (C=O) groups is 4.